The first-order valence-electron chi connectivity index (χ1n) is 12.0. The second-order valence-electron chi connectivity index (χ2n) is 8.46. The molecule has 0 saturated carbocycles. The van der Waals surface area contributed by atoms with Crippen LogP contribution in [-0.4, -0.2) is 46.1 Å². The van der Waals surface area contributed by atoms with Gasteiger partial charge in [0.25, 0.3) is 0 Å². The monoisotopic (exact) mass is 500 g/mol. The van der Waals surface area contributed by atoms with Gasteiger partial charge in [-0.3, -0.25) is 4.98 Å². The smallest absolute Gasteiger partial charge is 0.160 e. The molecule has 0 fully saturated rings. The summed E-state index contributed by atoms with van der Waals surface area (Å²) in [5.41, 5.74) is 3.20. The molecule has 0 amide bonds. The van der Waals surface area contributed by atoms with Crippen LogP contribution < -0.4 is 4.74 Å². The van der Waals surface area contributed by atoms with Crippen molar-refractivity contribution in [1.29, 1.82) is 0 Å². The molecule has 0 radical (unpaired) electrons. The van der Waals surface area contributed by atoms with Gasteiger partial charge < -0.3 is 9.64 Å². The zero-order valence-electron chi connectivity index (χ0n) is 20.2. The highest BCUT2D eigenvalue weighted by Crippen LogP contribution is 2.39. The second kappa shape index (κ2) is 10.6. The maximum atomic E-state index is 14.8. The van der Waals surface area contributed by atoms with Crippen molar-refractivity contribution in [2.45, 2.75) is 13.8 Å². The van der Waals surface area contributed by atoms with Gasteiger partial charge in [0, 0.05) is 46.5 Å². The molecule has 0 saturated heterocycles. The Kier molecular flexibility index (Phi) is 7.07. The van der Waals surface area contributed by atoms with Crippen LogP contribution in [0.3, 0.4) is 0 Å². The summed E-state index contributed by atoms with van der Waals surface area (Å²) in [6, 6.07) is 16.2. The lowest BCUT2D eigenvalue weighted by atomic mass is 9.95. The van der Waals surface area contributed by atoms with Gasteiger partial charge in [0.05, 0.1) is 5.69 Å². The van der Waals surface area contributed by atoms with E-state index in [1.165, 1.54) is 12.1 Å². The normalized spacial score (nSPS) is 11.5. The fourth-order valence-corrected chi connectivity index (χ4v) is 4.63. The van der Waals surface area contributed by atoms with Crippen LogP contribution in [0.15, 0.2) is 73.2 Å². The third-order valence-electron chi connectivity index (χ3n) is 6.42. The molecular formula is C29H26ClFN4O. The maximum Gasteiger partial charge on any atom is 0.160 e. The highest BCUT2D eigenvalue weighted by atomic mass is 35.5. The number of nitrogens with zero attached hydrogens (tertiary/aromatic N) is 4. The molecule has 0 atom stereocenters. The number of rotatable bonds is 8. The summed E-state index contributed by atoms with van der Waals surface area (Å²) in [6.07, 6.45) is 5.28. The Morgan fingerprint density at radius 2 is 1.75 bits per heavy atom. The maximum absolute atomic E-state index is 14.8. The molecule has 0 aliphatic rings. The average Bonchev–Trinajstić information content (AvgIpc) is 2.92. The van der Waals surface area contributed by atoms with Crippen LogP contribution in [0.2, 0.25) is 5.02 Å². The van der Waals surface area contributed by atoms with Crippen molar-refractivity contribution in [2.24, 2.45) is 0 Å². The highest BCUT2D eigenvalue weighted by molar-refractivity contribution is 6.30. The van der Waals surface area contributed by atoms with Gasteiger partial charge in [0.1, 0.15) is 18.2 Å². The number of ether oxygens (including phenoxy) is 1. The number of halogens is 2. The molecule has 36 heavy (non-hydrogen) atoms. The molecule has 3 heterocycles. The van der Waals surface area contributed by atoms with Crippen LogP contribution in [0.1, 0.15) is 13.8 Å². The molecule has 5 nitrogen and oxygen atoms in total. The predicted molar refractivity (Wildman–Crippen MR) is 144 cm³/mol. The van der Waals surface area contributed by atoms with Crippen molar-refractivity contribution in [1.82, 2.24) is 19.9 Å². The summed E-state index contributed by atoms with van der Waals surface area (Å²) in [5, 5.41) is 3.22. The minimum atomic E-state index is -0.390. The summed E-state index contributed by atoms with van der Waals surface area (Å²) in [6.45, 7) is 7.71. The highest BCUT2D eigenvalue weighted by Gasteiger charge is 2.16. The third-order valence-corrected chi connectivity index (χ3v) is 6.65. The largest absolute Gasteiger partial charge is 0.492 e. The van der Waals surface area contributed by atoms with E-state index in [1.807, 2.05) is 42.6 Å². The summed E-state index contributed by atoms with van der Waals surface area (Å²) < 4.78 is 21.0. The van der Waals surface area contributed by atoms with Crippen LogP contribution >= 0.6 is 11.6 Å². The van der Waals surface area contributed by atoms with Crippen LogP contribution in [-0.2, 0) is 0 Å². The molecular weight excluding hydrogens is 475 g/mol. The van der Waals surface area contributed by atoms with E-state index < -0.39 is 0 Å². The number of hydrogen-bond donors (Lipinski definition) is 0. The topological polar surface area (TPSA) is 51.1 Å². The van der Waals surface area contributed by atoms with Crippen molar-refractivity contribution in [3.8, 4) is 28.1 Å². The molecule has 0 bridgehead atoms. The lowest BCUT2D eigenvalue weighted by Gasteiger charge is -2.19. The molecule has 5 rings (SSSR count). The predicted octanol–water partition coefficient (Wildman–Crippen LogP) is 7.03. The Hall–Kier alpha value is -3.61. The Bertz CT molecular complexity index is 1540. The Morgan fingerprint density at radius 3 is 2.58 bits per heavy atom. The number of benzene rings is 2. The molecule has 182 valence electrons. The standard InChI is InChI=1S/C29H26ClFN4O/c1-3-35(4-2)14-15-36-28-10-8-20(21-11-13-32-18-25(21)28)23-17-27(24-16-19(30)7-9-26(24)31)34-29-22(23)6-5-12-33-29/h5-13,16-18H,3-4,14-15H2,1-2H3. The van der Waals surface area contributed by atoms with Crippen LogP contribution in [0.4, 0.5) is 4.39 Å². The molecule has 7 heteroatoms. The third kappa shape index (κ3) is 4.74. The van der Waals surface area contributed by atoms with Gasteiger partial charge in [-0.15, -0.1) is 0 Å². The van der Waals surface area contributed by atoms with E-state index >= 15 is 0 Å². The summed E-state index contributed by atoms with van der Waals surface area (Å²) >= 11 is 6.18. The SMILES string of the molecule is CCN(CC)CCOc1ccc(-c2cc(-c3cc(Cl)ccc3F)nc3ncccc23)c2ccncc12. The molecule has 2 aromatic carbocycles. The first kappa shape index (κ1) is 24.1. The van der Waals surface area contributed by atoms with Gasteiger partial charge >= 0.3 is 0 Å². The van der Waals surface area contributed by atoms with E-state index in [-0.39, 0.29) is 5.82 Å². The van der Waals surface area contributed by atoms with Crippen LogP contribution in [0.25, 0.3) is 44.2 Å². The number of fused-ring (bicyclic) bond motifs is 2. The quantitative estimate of drug-likeness (QED) is 0.229. The zero-order valence-corrected chi connectivity index (χ0v) is 21.0. The Labute approximate surface area is 214 Å². The van der Waals surface area contributed by atoms with Gasteiger partial charge in [-0.1, -0.05) is 31.5 Å². The van der Waals surface area contributed by atoms with E-state index in [1.54, 1.807) is 18.5 Å². The summed E-state index contributed by atoms with van der Waals surface area (Å²) in [7, 11) is 0. The van der Waals surface area contributed by atoms with Crippen molar-refractivity contribution >= 4 is 33.4 Å². The molecule has 0 aliphatic heterocycles. The van der Waals surface area contributed by atoms with E-state index in [2.05, 4.69) is 33.7 Å². The second-order valence-corrected chi connectivity index (χ2v) is 8.90. The number of likely N-dealkylation sites (N-methyl/N-ethyl adjacent to an activating group) is 1. The van der Waals surface area contributed by atoms with Crippen molar-refractivity contribution in [2.75, 3.05) is 26.2 Å². The number of pyridine rings is 3. The summed E-state index contributed by atoms with van der Waals surface area (Å²) in [4.78, 5) is 15.8. The molecule has 0 aliphatic carbocycles. The van der Waals surface area contributed by atoms with Gasteiger partial charge in [0.15, 0.2) is 5.65 Å². The average molecular weight is 501 g/mol. The fourth-order valence-electron chi connectivity index (χ4n) is 4.46. The number of aromatic nitrogens is 3. The van der Waals surface area contributed by atoms with E-state index in [4.69, 9.17) is 16.3 Å². The van der Waals surface area contributed by atoms with Gasteiger partial charge in [-0.05, 0) is 78.1 Å². The van der Waals surface area contributed by atoms with Gasteiger partial charge in [0.2, 0.25) is 0 Å². The van der Waals surface area contributed by atoms with Gasteiger partial charge in [-0.2, -0.15) is 0 Å². The minimum absolute atomic E-state index is 0.332. The Balaban J connectivity index is 1.64. The number of hydrogen-bond acceptors (Lipinski definition) is 5. The van der Waals surface area contributed by atoms with Crippen molar-refractivity contribution in [3.05, 3.63) is 84.0 Å². The minimum Gasteiger partial charge on any atom is -0.492 e. The lowest BCUT2D eigenvalue weighted by molar-refractivity contribution is 0.224. The molecule has 5 aromatic rings. The van der Waals surface area contributed by atoms with Crippen LogP contribution in [0, 0.1) is 5.82 Å². The molecule has 3 aromatic heterocycles. The van der Waals surface area contributed by atoms with Gasteiger partial charge in [-0.25, -0.2) is 14.4 Å². The molecule has 0 N–H and O–H groups in total. The lowest BCUT2D eigenvalue weighted by Crippen LogP contribution is -2.27. The zero-order chi connectivity index (χ0) is 25.1. The van der Waals surface area contributed by atoms with Crippen LogP contribution in [0.5, 0.6) is 5.75 Å². The fraction of sp³-hybridized carbons (Fsp3) is 0.207. The molecule has 0 spiro atoms. The van der Waals surface area contributed by atoms with E-state index in [0.717, 1.165) is 52.7 Å². The van der Waals surface area contributed by atoms with E-state index in [0.29, 0.717) is 28.5 Å². The van der Waals surface area contributed by atoms with Crippen molar-refractivity contribution < 1.29 is 9.13 Å². The first-order valence-corrected chi connectivity index (χ1v) is 12.4. The first-order chi connectivity index (χ1) is 17.6. The van der Waals surface area contributed by atoms with Crippen molar-refractivity contribution in [3.63, 3.8) is 0 Å². The Morgan fingerprint density at radius 1 is 0.889 bits per heavy atom. The molecule has 0 unspecified atom stereocenters. The summed E-state index contributed by atoms with van der Waals surface area (Å²) in [5.74, 6) is 0.394. The van der Waals surface area contributed by atoms with E-state index in [9.17, 15) is 4.39 Å².